The highest BCUT2D eigenvalue weighted by Crippen LogP contribution is 2.29. The third kappa shape index (κ3) is 3.66. The SMILES string of the molecule is CCCC1CCCN(c2cc(Cl)ccc2C(=O)O)CC1. The van der Waals surface area contributed by atoms with E-state index in [1.165, 1.54) is 19.3 Å². The van der Waals surface area contributed by atoms with Gasteiger partial charge in [-0.25, -0.2) is 4.79 Å². The third-order valence-corrected chi connectivity index (χ3v) is 4.31. The minimum atomic E-state index is -0.883. The molecule has 1 atom stereocenters. The summed E-state index contributed by atoms with van der Waals surface area (Å²) in [6.45, 7) is 4.06. The van der Waals surface area contributed by atoms with Crippen molar-refractivity contribution in [3.63, 3.8) is 0 Å². The van der Waals surface area contributed by atoms with Crippen molar-refractivity contribution >= 4 is 23.3 Å². The number of hydrogen-bond donors (Lipinski definition) is 1. The van der Waals surface area contributed by atoms with Gasteiger partial charge in [0.1, 0.15) is 0 Å². The number of rotatable bonds is 4. The Morgan fingerprint density at radius 1 is 1.40 bits per heavy atom. The number of carbonyl (C=O) groups is 1. The first-order valence-electron chi connectivity index (χ1n) is 7.39. The van der Waals surface area contributed by atoms with Gasteiger partial charge in [-0.3, -0.25) is 0 Å². The van der Waals surface area contributed by atoms with Gasteiger partial charge < -0.3 is 10.0 Å². The summed E-state index contributed by atoms with van der Waals surface area (Å²) in [7, 11) is 0. The Hall–Kier alpha value is -1.22. The van der Waals surface area contributed by atoms with E-state index in [2.05, 4.69) is 11.8 Å². The number of halogens is 1. The van der Waals surface area contributed by atoms with Crippen LogP contribution in [0.2, 0.25) is 5.02 Å². The highest BCUT2D eigenvalue weighted by atomic mass is 35.5. The second kappa shape index (κ2) is 6.98. The largest absolute Gasteiger partial charge is 0.478 e. The molecule has 0 bridgehead atoms. The van der Waals surface area contributed by atoms with Crippen LogP contribution in [0.15, 0.2) is 18.2 Å². The maximum atomic E-state index is 11.4. The van der Waals surface area contributed by atoms with Gasteiger partial charge in [0, 0.05) is 18.1 Å². The summed E-state index contributed by atoms with van der Waals surface area (Å²) in [5.74, 6) is -0.108. The van der Waals surface area contributed by atoms with Gasteiger partial charge >= 0.3 is 5.97 Å². The van der Waals surface area contributed by atoms with Gasteiger partial charge in [-0.15, -0.1) is 0 Å². The molecule has 0 saturated carbocycles. The number of nitrogens with zero attached hydrogens (tertiary/aromatic N) is 1. The molecular weight excluding hydrogens is 274 g/mol. The average molecular weight is 296 g/mol. The van der Waals surface area contributed by atoms with Crippen LogP contribution < -0.4 is 4.90 Å². The first-order chi connectivity index (χ1) is 9.61. The fourth-order valence-corrected chi connectivity index (χ4v) is 3.22. The lowest BCUT2D eigenvalue weighted by Gasteiger charge is -2.24. The summed E-state index contributed by atoms with van der Waals surface area (Å²) in [6, 6.07) is 5.03. The number of benzene rings is 1. The van der Waals surface area contributed by atoms with Gasteiger partial charge in [-0.05, 0) is 43.4 Å². The van der Waals surface area contributed by atoms with E-state index in [0.29, 0.717) is 10.6 Å². The molecule has 3 nitrogen and oxygen atoms in total. The molecule has 20 heavy (non-hydrogen) atoms. The minimum absolute atomic E-state index is 0.350. The predicted octanol–water partition coefficient (Wildman–Crippen LogP) is 4.44. The molecule has 0 amide bonds. The molecule has 2 rings (SSSR count). The quantitative estimate of drug-likeness (QED) is 0.892. The molecule has 1 aliphatic heterocycles. The van der Waals surface area contributed by atoms with Crippen LogP contribution in [-0.2, 0) is 0 Å². The Bertz CT molecular complexity index is 476. The van der Waals surface area contributed by atoms with Gasteiger partial charge in [0.25, 0.3) is 0 Å². The Labute approximate surface area is 125 Å². The van der Waals surface area contributed by atoms with Crippen LogP contribution in [-0.4, -0.2) is 24.2 Å². The standard InChI is InChI=1S/C16H22ClNO2/c1-2-4-12-5-3-9-18(10-8-12)15-11-13(17)6-7-14(15)16(19)20/h6-7,11-12H,2-5,8-10H2,1H3,(H,19,20). The summed E-state index contributed by atoms with van der Waals surface area (Å²) in [5.41, 5.74) is 1.12. The van der Waals surface area contributed by atoms with Crippen LogP contribution in [0.25, 0.3) is 0 Å². The summed E-state index contributed by atoms with van der Waals surface area (Å²) < 4.78 is 0. The fraction of sp³-hybridized carbons (Fsp3) is 0.562. The smallest absolute Gasteiger partial charge is 0.337 e. The van der Waals surface area contributed by atoms with Crippen LogP contribution in [0.5, 0.6) is 0 Å². The van der Waals surface area contributed by atoms with Crippen LogP contribution in [0, 0.1) is 5.92 Å². The Morgan fingerprint density at radius 3 is 2.90 bits per heavy atom. The van der Waals surface area contributed by atoms with Crippen molar-refractivity contribution in [2.75, 3.05) is 18.0 Å². The number of aromatic carboxylic acids is 1. The summed E-state index contributed by atoms with van der Waals surface area (Å²) in [5, 5.41) is 9.92. The average Bonchev–Trinajstić information content (AvgIpc) is 2.64. The monoisotopic (exact) mass is 295 g/mol. The van der Waals surface area contributed by atoms with E-state index in [1.807, 2.05) is 0 Å². The molecule has 1 unspecified atom stereocenters. The zero-order valence-electron chi connectivity index (χ0n) is 11.9. The maximum Gasteiger partial charge on any atom is 0.337 e. The summed E-state index contributed by atoms with van der Waals surface area (Å²) in [4.78, 5) is 13.5. The molecule has 4 heteroatoms. The van der Waals surface area contributed by atoms with Crippen LogP contribution in [0.4, 0.5) is 5.69 Å². The minimum Gasteiger partial charge on any atom is -0.478 e. The lowest BCUT2D eigenvalue weighted by molar-refractivity contribution is 0.0697. The lowest BCUT2D eigenvalue weighted by atomic mass is 9.96. The summed E-state index contributed by atoms with van der Waals surface area (Å²) >= 11 is 6.04. The summed E-state index contributed by atoms with van der Waals surface area (Å²) in [6.07, 6.45) is 6.00. The van der Waals surface area contributed by atoms with E-state index >= 15 is 0 Å². The van der Waals surface area contributed by atoms with Gasteiger partial charge in [0.2, 0.25) is 0 Å². The predicted molar refractivity (Wildman–Crippen MR) is 82.9 cm³/mol. The topological polar surface area (TPSA) is 40.5 Å². The van der Waals surface area contributed by atoms with Crippen molar-refractivity contribution in [2.24, 2.45) is 5.92 Å². The molecule has 0 aliphatic carbocycles. The van der Waals surface area contributed by atoms with Gasteiger partial charge in [0.05, 0.1) is 11.3 Å². The number of carboxylic acids is 1. The molecule has 0 spiro atoms. The third-order valence-electron chi connectivity index (χ3n) is 4.08. The molecule has 1 aromatic rings. The first kappa shape index (κ1) is 15.2. The lowest BCUT2D eigenvalue weighted by Crippen LogP contribution is -2.26. The van der Waals surface area contributed by atoms with Crippen molar-refractivity contribution in [2.45, 2.75) is 39.0 Å². The van der Waals surface area contributed by atoms with E-state index in [1.54, 1.807) is 18.2 Å². The van der Waals surface area contributed by atoms with Crippen LogP contribution in [0.3, 0.4) is 0 Å². The van der Waals surface area contributed by atoms with E-state index in [-0.39, 0.29) is 0 Å². The normalized spacial score (nSPS) is 19.7. The second-order valence-electron chi connectivity index (χ2n) is 5.54. The molecule has 0 aromatic heterocycles. The highest BCUT2D eigenvalue weighted by Gasteiger charge is 2.20. The fourth-order valence-electron chi connectivity index (χ4n) is 3.05. The van der Waals surface area contributed by atoms with Crippen molar-refractivity contribution in [1.82, 2.24) is 0 Å². The van der Waals surface area contributed by atoms with E-state index < -0.39 is 5.97 Å². The zero-order chi connectivity index (χ0) is 14.5. The molecule has 1 fully saturated rings. The van der Waals surface area contributed by atoms with Crippen molar-refractivity contribution in [1.29, 1.82) is 0 Å². The molecule has 1 aromatic carbocycles. The van der Waals surface area contributed by atoms with Gasteiger partial charge in [0.15, 0.2) is 0 Å². The van der Waals surface area contributed by atoms with Crippen LogP contribution >= 0.6 is 11.6 Å². The first-order valence-corrected chi connectivity index (χ1v) is 7.77. The number of carboxylic acid groups (broad SMARTS) is 1. The van der Waals surface area contributed by atoms with Gasteiger partial charge in [-0.2, -0.15) is 0 Å². The highest BCUT2D eigenvalue weighted by molar-refractivity contribution is 6.31. The molecule has 1 heterocycles. The van der Waals surface area contributed by atoms with Gasteiger partial charge in [-0.1, -0.05) is 31.4 Å². The van der Waals surface area contributed by atoms with Crippen molar-refractivity contribution < 1.29 is 9.90 Å². The Kier molecular flexibility index (Phi) is 5.30. The Morgan fingerprint density at radius 2 is 2.20 bits per heavy atom. The second-order valence-corrected chi connectivity index (χ2v) is 5.98. The van der Waals surface area contributed by atoms with E-state index in [0.717, 1.165) is 37.5 Å². The van der Waals surface area contributed by atoms with Crippen molar-refractivity contribution in [3.05, 3.63) is 28.8 Å². The van der Waals surface area contributed by atoms with E-state index in [9.17, 15) is 9.90 Å². The molecular formula is C16H22ClNO2. The molecule has 0 radical (unpaired) electrons. The molecule has 1 N–H and O–H groups in total. The van der Waals surface area contributed by atoms with Crippen molar-refractivity contribution in [3.8, 4) is 0 Å². The molecule has 1 saturated heterocycles. The Balaban J connectivity index is 2.18. The molecule has 110 valence electrons. The molecule has 1 aliphatic rings. The maximum absolute atomic E-state index is 11.4. The van der Waals surface area contributed by atoms with E-state index in [4.69, 9.17) is 11.6 Å². The number of anilines is 1. The zero-order valence-corrected chi connectivity index (χ0v) is 12.7. The number of hydrogen-bond acceptors (Lipinski definition) is 2. The van der Waals surface area contributed by atoms with Crippen LogP contribution in [0.1, 0.15) is 49.4 Å².